The van der Waals surface area contributed by atoms with E-state index in [1.807, 2.05) is 6.07 Å². The van der Waals surface area contributed by atoms with Crippen LogP contribution in [0.2, 0.25) is 0 Å². The zero-order chi connectivity index (χ0) is 18.8. The average molecular weight is 376 g/mol. The summed E-state index contributed by atoms with van der Waals surface area (Å²) in [6.07, 6.45) is 3.49. The van der Waals surface area contributed by atoms with E-state index < -0.39 is 0 Å². The quantitative estimate of drug-likeness (QED) is 0.749. The van der Waals surface area contributed by atoms with E-state index in [1.165, 1.54) is 5.69 Å². The van der Waals surface area contributed by atoms with Crippen molar-refractivity contribution >= 4 is 22.5 Å². The summed E-state index contributed by atoms with van der Waals surface area (Å²) in [5, 5.41) is 3.40. The summed E-state index contributed by atoms with van der Waals surface area (Å²) in [5.41, 5.74) is 5.03. The topological polar surface area (TPSA) is 66.4 Å². The summed E-state index contributed by atoms with van der Waals surface area (Å²) in [5.74, 6) is 0.930. The van der Waals surface area contributed by atoms with E-state index >= 15 is 0 Å². The summed E-state index contributed by atoms with van der Waals surface area (Å²) in [6.45, 7) is 7.24. The van der Waals surface area contributed by atoms with E-state index in [9.17, 15) is 0 Å². The summed E-state index contributed by atoms with van der Waals surface area (Å²) in [7, 11) is 0. The molecule has 2 saturated heterocycles. The number of morpholine rings is 1. The zero-order valence-electron chi connectivity index (χ0n) is 15.8. The highest BCUT2D eigenvalue weighted by molar-refractivity contribution is 5.89. The maximum atomic E-state index is 5.45. The van der Waals surface area contributed by atoms with Gasteiger partial charge in [0.1, 0.15) is 5.52 Å². The first-order valence-corrected chi connectivity index (χ1v) is 9.89. The van der Waals surface area contributed by atoms with Crippen LogP contribution in [-0.4, -0.2) is 67.4 Å². The van der Waals surface area contributed by atoms with Crippen LogP contribution in [-0.2, 0) is 4.74 Å². The fourth-order valence-corrected chi connectivity index (χ4v) is 3.87. The third kappa shape index (κ3) is 3.39. The van der Waals surface area contributed by atoms with Gasteiger partial charge in [-0.2, -0.15) is 0 Å². The predicted octanol–water partition coefficient (Wildman–Crippen LogP) is 1.94. The predicted molar refractivity (Wildman–Crippen MR) is 111 cm³/mol. The molecule has 1 aromatic carbocycles. The van der Waals surface area contributed by atoms with Gasteiger partial charge in [-0.3, -0.25) is 4.98 Å². The lowest BCUT2D eigenvalue weighted by Gasteiger charge is -2.29. The van der Waals surface area contributed by atoms with Crippen LogP contribution in [0.4, 0.5) is 11.5 Å². The minimum absolute atomic E-state index is 0.792. The lowest BCUT2D eigenvalue weighted by atomic mass is 10.1. The number of pyridine rings is 1. The molecule has 2 aliphatic rings. The van der Waals surface area contributed by atoms with Crippen molar-refractivity contribution in [2.24, 2.45) is 0 Å². The van der Waals surface area contributed by atoms with Crippen LogP contribution in [0.1, 0.15) is 0 Å². The van der Waals surface area contributed by atoms with Crippen molar-refractivity contribution in [1.82, 2.24) is 20.3 Å². The molecule has 1 N–H and O–H groups in total. The Labute approximate surface area is 164 Å². The van der Waals surface area contributed by atoms with Gasteiger partial charge in [0.25, 0.3) is 0 Å². The number of rotatable bonds is 3. The van der Waals surface area contributed by atoms with Gasteiger partial charge in [0, 0.05) is 62.9 Å². The smallest absolute Gasteiger partial charge is 0.157 e. The SMILES string of the molecule is c1cnc2c(N3CCNCC3)nc(-c3ccc(N4CCOCC4)cc3)cc2n1. The van der Waals surface area contributed by atoms with Gasteiger partial charge in [-0.1, -0.05) is 12.1 Å². The highest BCUT2D eigenvalue weighted by atomic mass is 16.5. The van der Waals surface area contributed by atoms with E-state index in [0.717, 1.165) is 80.6 Å². The van der Waals surface area contributed by atoms with E-state index in [4.69, 9.17) is 9.72 Å². The van der Waals surface area contributed by atoms with Gasteiger partial charge in [-0.05, 0) is 18.2 Å². The Balaban J connectivity index is 1.51. The molecule has 7 heteroatoms. The number of aromatic nitrogens is 3. The molecule has 0 atom stereocenters. The second-order valence-electron chi connectivity index (χ2n) is 7.14. The number of ether oxygens (including phenoxy) is 1. The molecule has 0 aliphatic carbocycles. The normalized spacial score (nSPS) is 17.9. The number of nitrogens with one attached hydrogen (secondary N) is 1. The molecule has 0 saturated carbocycles. The second kappa shape index (κ2) is 7.69. The number of anilines is 2. The minimum atomic E-state index is 0.792. The van der Waals surface area contributed by atoms with Crippen LogP contribution in [0, 0.1) is 0 Å². The van der Waals surface area contributed by atoms with E-state index in [2.05, 4.69) is 49.4 Å². The summed E-state index contributed by atoms with van der Waals surface area (Å²) >= 11 is 0. The molecule has 144 valence electrons. The van der Waals surface area contributed by atoms with Crippen LogP contribution in [0.5, 0.6) is 0 Å². The van der Waals surface area contributed by atoms with Crippen LogP contribution >= 0.6 is 0 Å². The Morgan fingerprint density at radius 3 is 2.39 bits per heavy atom. The Morgan fingerprint density at radius 1 is 0.857 bits per heavy atom. The molecule has 7 nitrogen and oxygen atoms in total. The zero-order valence-corrected chi connectivity index (χ0v) is 15.8. The van der Waals surface area contributed by atoms with Crippen molar-refractivity contribution < 1.29 is 4.74 Å². The molecule has 0 unspecified atom stereocenters. The molecule has 0 radical (unpaired) electrons. The monoisotopic (exact) mass is 376 g/mol. The standard InChI is InChI=1S/C21H24N6O/c1-3-17(26-11-13-28-14-12-26)4-2-16(1)18-15-19-20(24-6-5-23-19)21(25-18)27-9-7-22-8-10-27/h1-6,15,22H,7-14H2. The number of hydrogen-bond donors (Lipinski definition) is 1. The van der Waals surface area contributed by atoms with Gasteiger partial charge in [0.15, 0.2) is 5.82 Å². The Bertz CT molecular complexity index is 949. The van der Waals surface area contributed by atoms with E-state index in [0.29, 0.717) is 0 Å². The van der Waals surface area contributed by atoms with Gasteiger partial charge in [0.2, 0.25) is 0 Å². The third-order valence-corrected chi connectivity index (χ3v) is 5.39. The fourth-order valence-electron chi connectivity index (χ4n) is 3.87. The molecule has 28 heavy (non-hydrogen) atoms. The number of hydrogen-bond acceptors (Lipinski definition) is 7. The summed E-state index contributed by atoms with van der Waals surface area (Å²) < 4.78 is 5.45. The molecule has 4 heterocycles. The molecule has 0 amide bonds. The summed E-state index contributed by atoms with van der Waals surface area (Å²) in [6, 6.07) is 10.7. The highest BCUT2D eigenvalue weighted by Gasteiger charge is 2.18. The molecule has 0 bridgehead atoms. The van der Waals surface area contributed by atoms with Crippen molar-refractivity contribution in [2.45, 2.75) is 0 Å². The number of piperazine rings is 1. The number of nitrogens with zero attached hydrogens (tertiary/aromatic N) is 5. The third-order valence-electron chi connectivity index (χ3n) is 5.39. The van der Waals surface area contributed by atoms with Crippen LogP contribution < -0.4 is 15.1 Å². The first-order valence-electron chi connectivity index (χ1n) is 9.89. The Hall–Kier alpha value is -2.77. The molecule has 0 spiro atoms. The van der Waals surface area contributed by atoms with Crippen LogP contribution in [0.25, 0.3) is 22.3 Å². The Kier molecular flexibility index (Phi) is 4.76. The summed E-state index contributed by atoms with van der Waals surface area (Å²) in [4.78, 5) is 18.8. The van der Waals surface area contributed by atoms with Gasteiger partial charge in [0.05, 0.1) is 24.4 Å². The molecule has 2 fully saturated rings. The van der Waals surface area contributed by atoms with Crippen LogP contribution in [0.3, 0.4) is 0 Å². The molecular weight excluding hydrogens is 352 g/mol. The maximum Gasteiger partial charge on any atom is 0.157 e. The van der Waals surface area contributed by atoms with E-state index in [-0.39, 0.29) is 0 Å². The number of fused-ring (bicyclic) bond motifs is 1. The highest BCUT2D eigenvalue weighted by Crippen LogP contribution is 2.29. The molecule has 5 rings (SSSR count). The van der Waals surface area contributed by atoms with Crippen molar-refractivity contribution in [3.63, 3.8) is 0 Å². The first-order chi connectivity index (χ1) is 13.9. The van der Waals surface area contributed by atoms with Crippen LogP contribution in [0.15, 0.2) is 42.7 Å². The van der Waals surface area contributed by atoms with Gasteiger partial charge in [-0.15, -0.1) is 0 Å². The fraction of sp³-hybridized carbons (Fsp3) is 0.381. The van der Waals surface area contributed by atoms with Crippen molar-refractivity contribution in [3.8, 4) is 11.3 Å². The second-order valence-corrected chi connectivity index (χ2v) is 7.14. The number of benzene rings is 1. The molecular formula is C21H24N6O. The van der Waals surface area contributed by atoms with Crippen molar-refractivity contribution in [1.29, 1.82) is 0 Å². The molecule has 2 aliphatic heterocycles. The van der Waals surface area contributed by atoms with Gasteiger partial charge in [-0.25, -0.2) is 9.97 Å². The average Bonchev–Trinajstić information content (AvgIpc) is 2.79. The van der Waals surface area contributed by atoms with Gasteiger partial charge < -0.3 is 19.9 Å². The largest absolute Gasteiger partial charge is 0.378 e. The lowest BCUT2D eigenvalue weighted by Crippen LogP contribution is -2.44. The van der Waals surface area contributed by atoms with E-state index in [1.54, 1.807) is 12.4 Å². The first kappa shape index (κ1) is 17.3. The minimum Gasteiger partial charge on any atom is -0.378 e. The lowest BCUT2D eigenvalue weighted by molar-refractivity contribution is 0.122. The molecule has 2 aromatic heterocycles. The van der Waals surface area contributed by atoms with Crippen molar-refractivity contribution in [2.75, 3.05) is 62.3 Å². The molecule has 3 aromatic rings. The maximum absolute atomic E-state index is 5.45. The van der Waals surface area contributed by atoms with Crippen molar-refractivity contribution in [3.05, 3.63) is 42.7 Å². The van der Waals surface area contributed by atoms with Gasteiger partial charge >= 0.3 is 0 Å². The Morgan fingerprint density at radius 2 is 1.61 bits per heavy atom.